The molecule has 1 aliphatic rings. The molecule has 3 nitrogen and oxygen atoms in total. The van der Waals surface area contributed by atoms with Crippen LogP contribution in [0.2, 0.25) is 0 Å². The van der Waals surface area contributed by atoms with E-state index in [4.69, 9.17) is 4.74 Å². The molecule has 1 aromatic carbocycles. The Bertz CT molecular complexity index is 480. The first kappa shape index (κ1) is 16.4. The van der Waals surface area contributed by atoms with E-state index in [1.54, 1.807) is 26.2 Å². The molecule has 0 aliphatic carbocycles. The number of hydrogen-bond donors (Lipinski definition) is 1. The Hall–Kier alpha value is -0.970. The van der Waals surface area contributed by atoms with Gasteiger partial charge in [-0.25, -0.2) is 4.39 Å². The fourth-order valence-electron chi connectivity index (χ4n) is 2.95. The van der Waals surface area contributed by atoms with E-state index in [1.807, 2.05) is 0 Å². The smallest absolute Gasteiger partial charge is 0.126 e. The third-order valence-corrected chi connectivity index (χ3v) is 4.53. The molecule has 1 fully saturated rings. The van der Waals surface area contributed by atoms with Gasteiger partial charge >= 0.3 is 0 Å². The van der Waals surface area contributed by atoms with Crippen LogP contribution in [-0.2, 0) is 4.74 Å². The molecule has 1 N–H and O–H groups in total. The van der Waals surface area contributed by atoms with E-state index in [0.29, 0.717) is 17.5 Å². The second kappa shape index (κ2) is 6.86. The number of benzene rings is 1. The molecule has 21 heavy (non-hydrogen) atoms. The molecule has 2 rings (SSSR count). The fourth-order valence-corrected chi connectivity index (χ4v) is 2.95. The van der Waals surface area contributed by atoms with Gasteiger partial charge in [0.15, 0.2) is 0 Å². The van der Waals surface area contributed by atoms with Crippen molar-refractivity contribution in [1.82, 2.24) is 4.90 Å². The number of likely N-dealkylation sites (tertiary alicyclic amines) is 1. The van der Waals surface area contributed by atoms with Gasteiger partial charge < -0.3 is 14.7 Å². The van der Waals surface area contributed by atoms with Crippen molar-refractivity contribution in [3.05, 3.63) is 35.1 Å². The van der Waals surface area contributed by atoms with Crippen molar-refractivity contribution < 1.29 is 14.2 Å². The molecule has 1 heterocycles. The van der Waals surface area contributed by atoms with Gasteiger partial charge in [-0.2, -0.15) is 0 Å². The minimum atomic E-state index is -0.615. The lowest BCUT2D eigenvalue weighted by Gasteiger charge is -2.39. The Morgan fingerprint density at radius 2 is 2.24 bits per heavy atom. The van der Waals surface area contributed by atoms with Gasteiger partial charge in [0.2, 0.25) is 0 Å². The van der Waals surface area contributed by atoms with Crippen molar-refractivity contribution in [2.75, 3.05) is 26.7 Å². The lowest BCUT2D eigenvalue weighted by Crippen LogP contribution is -2.47. The lowest BCUT2D eigenvalue weighted by atomic mass is 9.94. The van der Waals surface area contributed by atoms with Crippen molar-refractivity contribution in [3.63, 3.8) is 0 Å². The van der Waals surface area contributed by atoms with E-state index in [0.717, 1.165) is 32.5 Å². The van der Waals surface area contributed by atoms with Crippen molar-refractivity contribution in [2.24, 2.45) is 0 Å². The van der Waals surface area contributed by atoms with Gasteiger partial charge in [-0.05, 0) is 56.8 Å². The summed E-state index contributed by atoms with van der Waals surface area (Å²) in [5, 5.41) is 10.2. The summed E-state index contributed by atoms with van der Waals surface area (Å²) in [5.41, 5.74) is 1.18. The first-order valence-electron chi connectivity index (χ1n) is 7.65. The molecule has 4 heteroatoms. The lowest BCUT2D eigenvalue weighted by molar-refractivity contribution is -0.0528. The Balaban J connectivity index is 1.88. The first-order chi connectivity index (χ1) is 9.93. The van der Waals surface area contributed by atoms with Gasteiger partial charge in [0.25, 0.3) is 0 Å². The predicted octanol–water partition coefficient (Wildman–Crippen LogP) is 3.06. The van der Waals surface area contributed by atoms with Crippen LogP contribution < -0.4 is 0 Å². The van der Waals surface area contributed by atoms with Crippen molar-refractivity contribution in [2.45, 2.75) is 44.8 Å². The Kier molecular flexibility index (Phi) is 5.36. The fraction of sp³-hybridized carbons (Fsp3) is 0.647. The summed E-state index contributed by atoms with van der Waals surface area (Å²) in [5.74, 6) is -0.253. The van der Waals surface area contributed by atoms with E-state index < -0.39 is 6.10 Å². The van der Waals surface area contributed by atoms with Crippen LogP contribution in [0, 0.1) is 12.7 Å². The molecular formula is C17H26FNO2. The van der Waals surface area contributed by atoms with Gasteiger partial charge in [0, 0.05) is 20.2 Å². The van der Waals surface area contributed by atoms with Gasteiger partial charge in [0.1, 0.15) is 5.82 Å². The largest absolute Gasteiger partial charge is 0.388 e. The monoisotopic (exact) mass is 295 g/mol. The summed E-state index contributed by atoms with van der Waals surface area (Å²) in [4.78, 5) is 2.32. The van der Waals surface area contributed by atoms with Gasteiger partial charge in [-0.3, -0.25) is 0 Å². The zero-order valence-electron chi connectivity index (χ0n) is 13.2. The molecule has 0 saturated carbocycles. The second-order valence-electron chi connectivity index (χ2n) is 6.35. The number of ether oxygens (including phenoxy) is 1. The Labute approximate surface area is 126 Å². The zero-order chi connectivity index (χ0) is 15.5. The maximum atomic E-state index is 13.5. The summed E-state index contributed by atoms with van der Waals surface area (Å²) < 4.78 is 19.1. The average Bonchev–Trinajstić information content (AvgIpc) is 2.48. The van der Waals surface area contributed by atoms with Gasteiger partial charge in [-0.15, -0.1) is 0 Å². The molecule has 0 spiro atoms. The number of methoxy groups -OCH3 is 1. The average molecular weight is 295 g/mol. The first-order valence-corrected chi connectivity index (χ1v) is 7.65. The standard InChI is InChI=1S/C17H26FNO2/c1-13-5-6-14(11-15(13)18)16(20)7-10-19-9-4-8-17(2,12-19)21-3/h5-6,11,16,20H,4,7-10,12H2,1-3H3. The van der Waals surface area contributed by atoms with Crippen LogP contribution in [-0.4, -0.2) is 42.4 Å². The van der Waals surface area contributed by atoms with Gasteiger partial charge in [0.05, 0.1) is 11.7 Å². The van der Waals surface area contributed by atoms with Crippen LogP contribution in [0.3, 0.4) is 0 Å². The number of aryl methyl sites for hydroxylation is 1. The van der Waals surface area contributed by atoms with Crippen LogP contribution >= 0.6 is 0 Å². The third kappa shape index (κ3) is 4.25. The van der Waals surface area contributed by atoms with Crippen molar-refractivity contribution in [1.29, 1.82) is 0 Å². The van der Waals surface area contributed by atoms with E-state index in [1.165, 1.54) is 6.07 Å². The molecule has 0 aromatic heterocycles. The topological polar surface area (TPSA) is 32.7 Å². The summed E-state index contributed by atoms with van der Waals surface area (Å²) in [7, 11) is 1.76. The highest BCUT2D eigenvalue weighted by molar-refractivity contribution is 5.24. The number of piperidine rings is 1. The number of aliphatic hydroxyl groups is 1. The SMILES string of the molecule is COC1(C)CCCN(CCC(O)c2ccc(C)c(F)c2)C1. The van der Waals surface area contributed by atoms with E-state index in [9.17, 15) is 9.50 Å². The molecule has 0 amide bonds. The van der Waals surface area contributed by atoms with Crippen LogP contribution in [0.5, 0.6) is 0 Å². The predicted molar refractivity (Wildman–Crippen MR) is 81.8 cm³/mol. The maximum absolute atomic E-state index is 13.5. The minimum absolute atomic E-state index is 0.0842. The number of nitrogens with zero attached hydrogens (tertiary/aromatic N) is 1. The van der Waals surface area contributed by atoms with Crippen molar-refractivity contribution >= 4 is 0 Å². The van der Waals surface area contributed by atoms with Crippen LogP contribution in [0.15, 0.2) is 18.2 Å². The summed E-state index contributed by atoms with van der Waals surface area (Å²) in [6, 6.07) is 4.96. The summed E-state index contributed by atoms with van der Waals surface area (Å²) in [6.07, 6.45) is 2.18. The quantitative estimate of drug-likeness (QED) is 0.906. The molecule has 1 aromatic rings. The van der Waals surface area contributed by atoms with Crippen molar-refractivity contribution in [3.8, 4) is 0 Å². The van der Waals surface area contributed by atoms with E-state index in [2.05, 4.69) is 11.8 Å². The van der Waals surface area contributed by atoms with E-state index in [-0.39, 0.29) is 11.4 Å². The molecule has 0 bridgehead atoms. The summed E-state index contributed by atoms with van der Waals surface area (Å²) in [6.45, 7) is 6.58. The maximum Gasteiger partial charge on any atom is 0.126 e. The highest BCUT2D eigenvalue weighted by atomic mass is 19.1. The highest BCUT2D eigenvalue weighted by Crippen LogP contribution is 2.25. The molecule has 0 radical (unpaired) electrons. The normalized spacial score (nSPS) is 25.0. The molecule has 1 aliphatic heterocycles. The summed E-state index contributed by atoms with van der Waals surface area (Å²) >= 11 is 0. The Morgan fingerprint density at radius 1 is 1.48 bits per heavy atom. The molecule has 2 atom stereocenters. The zero-order valence-corrected chi connectivity index (χ0v) is 13.2. The second-order valence-corrected chi connectivity index (χ2v) is 6.35. The number of halogens is 1. The van der Waals surface area contributed by atoms with Crippen LogP contribution in [0.1, 0.15) is 43.4 Å². The molecule has 118 valence electrons. The van der Waals surface area contributed by atoms with E-state index >= 15 is 0 Å². The Morgan fingerprint density at radius 3 is 2.90 bits per heavy atom. The number of aliphatic hydroxyl groups excluding tert-OH is 1. The third-order valence-electron chi connectivity index (χ3n) is 4.53. The number of rotatable bonds is 5. The van der Waals surface area contributed by atoms with Gasteiger partial charge in [-0.1, -0.05) is 12.1 Å². The number of hydrogen-bond acceptors (Lipinski definition) is 3. The molecule has 1 saturated heterocycles. The highest BCUT2D eigenvalue weighted by Gasteiger charge is 2.30. The molecule has 2 unspecified atom stereocenters. The molecular weight excluding hydrogens is 269 g/mol. The minimum Gasteiger partial charge on any atom is -0.388 e. The van der Waals surface area contributed by atoms with Crippen LogP contribution in [0.25, 0.3) is 0 Å². The van der Waals surface area contributed by atoms with Crippen LogP contribution in [0.4, 0.5) is 4.39 Å².